The molecule has 0 aliphatic rings. The van der Waals surface area contributed by atoms with E-state index in [9.17, 15) is 24.2 Å². The lowest BCUT2D eigenvalue weighted by Gasteiger charge is -2.20. The van der Waals surface area contributed by atoms with Crippen molar-refractivity contribution in [3.63, 3.8) is 0 Å². The number of carbonyl (C=O) groups is 2. The van der Waals surface area contributed by atoms with E-state index in [4.69, 9.17) is 0 Å². The van der Waals surface area contributed by atoms with E-state index in [1.165, 1.54) is 19.9 Å². The lowest BCUT2D eigenvalue weighted by atomic mass is 9.96. The molecular weight excluding hydrogens is 253 g/mol. The van der Waals surface area contributed by atoms with Crippen molar-refractivity contribution in [3.05, 3.63) is 35.1 Å². The SMILES string of the molecule is CC(=O)NCC(O)C(O)c1ccc(F)cc1C(C)=O. The first-order chi connectivity index (χ1) is 8.82. The lowest BCUT2D eigenvalue weighted by Crippen LogP contribution is -2.34. The number of Topliss-reactive ketones (excluding diaryl/α,β-unsaturated/α-hetero) is 1. The zero-order chi connectivity index (χ0) is 14.6. The Morgan fingerprint density at radius 1 is 1.32 bits per heavy atom. The molecule has 19 heavy (non-hydrogen) atoms. The Labute approximate surface area is 110 Å². The van der Waals surface area contributed by atoms with Crippen molar-refractivity contribution in [1.29, 1.82) is 0 Å². The summed E-state index contributed by atoms with van der Waals surface area (Å²) in [7, 11) is 0. The Morgan fingerprint density at radius 3 is 2.47 bits per heavy atom. The highest BCUT2D eigenvalue weighted by Crippen LogP contribution is 2.22. The molecule has 0 heterocycles. The first-order valence-corrected chi connectivity index (χ1v) is 5.74. The first-order valence-electron chi connectivity index (χ1n) is 5.74. The summed E-state index contributed by atoms with van der Waals surface area (Å²) in [4.78, 5) is 22.1. The van der Waals surface area contributed by atoms with Gasteiger partial charge in [0.1, 0.15) is 18.0 Å². The fourth-order valence-corrected chi connectivity index (χ4v) is 1.66. The van der Waals surface area contributed by atoms with E-state index in [0.717, 1.165) is 12.1 Å². The monoisotopic (exact) mass is 269 g/mol. The van der Waals surface area contributed by atoms with Gasteiger partial charge in [-0.3, -0.25) is 9.59 Å². The average molecular weight is 269 g/mol. The molecule has 0 aliphatic carbocycles. The third-order valence-electron chi connectivity index (χ3n) is 2.64. The highest BCUT2D eigenvalue weighted by atomic mass is 19.1. The van der Waals surface area contributed by atoms with E-state index in [0.29, 0.717) is 0 Å². The van der Waals surface area contributed by atoms with Gasteiger partial charge >= 0.3 is 0 Å². The predicted molar refractivity (Wildman–Crippen MR) is 66.1 cm³/mol. The molecule has 104 valence electrons. The molecule has 2 unspecified atom stereocenters. The Hall–Kier alpha value is -1.79. The predicted octanol–water partition coefficient (Wildman–Crippen LogP) is 0.559. The molecule has 0 aromatic heterocycles. The molecule has 0 aliphatic heterocycles. The summed E-state index contributed by atoms with van der Waals surface area (Å²) in [6.45, 7) is 2.36. The lowest BCUT2D eigenvalue weighted by molar-refractivity contribution is -0.119. The number of ketones is 1. The van der Waals surface area contributed by atoms with Crippen LogP contribution in [0.1, 0.15) is 35.9 Å². The minimum atomic E-state index is -1.38. The number of aliphatic hydroxyl groups excluding tert-OH is 2. The van der Waals surface area contributed by atoms with Crippen LogP contribution in [0.5, 0.6) is 0 Å². The summed E-state index contributed by atoms with van der Waals surface area (Å²) < 4.78 is 13.1. The van der Waals surface area contributed by atoms with Crippen LogP contribution in [0.25, 0.3) is 0 Å². The number of hydrogen-bond donors (Lipinski definition) is 3. The largest absolute Gasteiger partial charge is 0.388 e. The zero-order valence-corrected chi connectivity index (χ0v) is 10.7. The summed E-state index contributed by atoms with van der Waals surface area (Å²) in [6.07, 6.45) is -2.67. The summed E-state index contributed by atoms with van der Waals surface area (Å²) in [5.41, 5.74) is 0.140. The fourth-order valence-electron chi connectivity index (χ4n) is 1.66. The molecule has 3 N–H and O–H groups in total. The van der Waals surface area contributed by atoms with Crippen LogP contribution >= 0.6 is 0 Å². The van der Waals surface area contributed by atoms with Gasteiger partial charge in [0, 0.05) is 19.0 Å². The van der Waals surface area contributed by atoms with E-state index in [1.807, 2.05) is 0 Å². The highest BCUT2D eigenvalue weighted by Gasteiger charge is 2.23. The second-order valence-electron chi connectivity index (χ2n) is 4.24. The molecule has 0 bridgehead atoms. The number of benzene rings is 1. The topological polar surface area (TPSA) is 86.6 Å². The van der Waals surface area contributed by atoms with Crippen LogP contribution in [0.4, 0.5) is 4.39 Å². The normalized spacial score (nSPS) is 13.7. The molecule has 1 rings (SSSR count). The quantitative estimate of drug-likeness (QED) is 0.682. The highest BCUT2D eigenvalue weighted by molar-refractivity contribution is 5.95. The second kappa shape index (κ2) is 6.40. The van der Waals surface area contributed by atoms with E-state index >= 15 is 0 Å². The Balaban J connectivity index is 2.95. The molecule has 2 atom stereocenters. The van der Waals surface area contributed by atoms with Gasteiger partial charge in [0.2, 0.25) is 5.91 Å². The van der Waals surface area contributed by atoms with E-state index in [-0.39, 0.29) is 23.6 Å². The van der Waals surface area contributed by atoms with Gasteiger partial charge in [-0.25, -0.2) is 4.39 Å². The van der Waals surface area contributed by atoms with Crippen LogP contribution in [0.3, 0.4) is 0 Å². The number of halogens is 1. The molecule has 0 saturated heterocycles. The van der Waals surface area contributed by atoms with Crippen LogP contribution in [0.15, 0.2) is 18.2 Å². The van der Waals surface area contributed by atoms with Crippen LogP contribution in [0.2, 0.25) is 0 Å². The Bertz CT molecular complexity index is 490. The van der Waals surface area contributed by atoms with Gasteiger partial charge in [-0.1, -0.05) is 6.07 Å². The van der Waals surface area contributed by atoms with E-state index in [2.05, 4.69) is 5.32 Å². The van der Waals surface area contributed by atoms with Crippen molar-refractivity contribution in [3.8, 4) is 0 Å². The van der Waals surface area contributed by atoms with Gasteiger partial charge in [-0.2, -0.15) is 0 Å². The molecule has 6 heteroatoms. The number of hydrogen-bond acceptors (Lipinski definition) is 4. The molecule has 5 nitrogen and oxygen atoms in total. The third kappa shape index (κ3) is 4.11. The maximum atomic E-state index is 13.1. The molecular formula is C13H16FNO4. The molecule has 1 aromatic carbocycles. The van der Waals surface area contributed by atoms with E-state index in [1.54, 1.807) is 0 Å². The van der Waals surface area contributed by atoms with E-state index < -0.39 is 23.8 Å². The molecule has 0 fully saturated rings. The first kappa shape index (κ1) is 15.3. The van der Waals surface area contributed by atoms with Gasteiger partial charge in [0.25, 0.3) is 0 Å². The number of nitrogens with one attached hydrogen (secondary N) is 1. The van der Waals surface area contributed by atoms with Crippen LogP contribution in [-0.4, -0.2) is 34.6 Å². The average Bonchev–Trinajstić information content (AvgIpc) is 2.34. The number of rotatable bonds is 5. The third-order valence-corrected chi connectivity index (χ3v) is 2.64. The Kier molecular flexibility index (Phi) is 5.14. The van der Waals surface area contributed by atoms with Gasteiger partial charge in [-0.15, -0.1) is 0 Å². The van der Waals surface area contributed by atoms with Crippen molar-refractivity contribution in [2.75, 3.05) is 6.54 Å². The van der Waals surface area contributed by atoms with Crippen LogP contribution in [-0.2, 0) is 4.79 Å². The molecule has 1 amide bonds. The smallest absolute Gasteiger partial charge is 0.216 e. The minimum absolute atomic E-state index is 0.00868. The number of aliphatic hydroxyl groups is 2. The number of carbonyl (C=O) groups excluding carboxylic acids is 2. The van der Waals surface area contributed by atoms with Gasteiger partial charge in [-0.05, 0) is 24.6 Å². The van der Waals surface area contributed by atoms with Crippen molar-refractivity contribution in [1.82, 2.24) is 5.32 Å². The summed E-state index contributed by atoms with van der Waals surface area (Å²) in [5, 5.41) is 22.0. The van der Waals surface area contributed by atoms with Gasteiger partial charge in [0.15, 0.2) is 5.78 Å². The van der Waals surface area contributed by atoms with Crippen molar-refractivity contribution in [2.24, 2.45) is 0 Å². The van der Waals surface area contributed by atoms with Gasteiger partial charge in [0.05, 0.1) is 0 Å². The maximum absolute atomic E-state index is 13.1. The number of amides is 1. The summed E-state index contributed by atoms with van der Waals surface area (Å²) in [6, 6.07) is 3.34. The van der Waals surface area contributed by atoms with Crippen molar-refractivity contribution < 1.29 is 24.2 Å². The summed E-state index contributed by atoms with van der Waals surface area (Å²) >= 11 is 0. The molecule has 0 spiro atoms. The van der Waals surface area contributed by atoms with Crippen molar-refractivity contribution >= 4 is 11.7 Å². The van der Waals surface area contributed by atoms with Gasteiger partial charge < -0.3 is 15.5 Å². The summed E-state index contributed by atoms with van der Waals surface area (Å²) in [5.74, 6) is -1.37. The van der Waals surface area contributed by atoms with Crippen LogP contribution < -0.4 is 5.32 Å². The minimum Gasteiger partial charge on any atom is -0.388 e. The molecule has 0 radical (unpaired) electrons. The second-order valence-corrected chi connectivity index (χ2v) is 4.24. The van der Waals surface area contributed by atoms with Crippen LogP contribution in [0, 0.1) is 5.82 Å². The van der Waals surface area contributed by atoms with Crippen molar-refractivity contribution in [2.45, 2.75) is 26.1 Å². The molecule has 1 aromatic rings. The maximum Gasteiger partial charge on any atom is 0.216 e. The standard InChI is InChI=1S/C13H16FNO4/c1-7(16)11-5-9(14)3-4-10(11)13(19)12(18)6-15-8(2)17/h3-5,12-13,18-19H,6H2,1-2H3,(H,15,17). The molecule has 0 saturated carbocycles. The fraction of sp³-hybridized carbons (Fsp3) is 0.385. The zero-order valence-electron chi connectivity index (χ0n) is 10.7. The Morgan fingerprint density at radius 2 is 1.95 bits per heavy atom.